The van der Waals surface area contributed by atoms with Gasteiger partial charge in [-0.2, -0.15) is 9.67 Å². The van der Waals surface area contributed by atoms with Crippen molar-refractivity contribution in [3.8, 4) is 17.3 Å². The third kappa shape index (κ3) is 4.32. The number of fused-ring (bicyclic) bond motifs is 5. The minimum atomic E-state index is -0.644. The number of amides is 1. The smallest absolute Gasteiger partial charge is 0.356 e. The molecular formula is C28H30FN9O3. The van der Waals surface area contributed by atoms with Gasteiger partial charge in [0.25, 0.3) is 0 Å². The Kier molecular flexibility index (Phi) is 6.51. The number of pyridine rings is 2. The van der Waals surface area contributed by atoms with Gasteiger partial charge in [0.05, 0.1) is 29.6 Å². The standard InChI is InChI=1S/C28H30FN9O3/c1-6-22(39)35-13-17(5)36(14-16(35)4)25-19-11-20(29)27-32-26(19)37(28(40)33-25)24-21(7-9-30-23(24)15(2)3)41-10-8-18-12-31-34-38(18)27/h6-7,9,11-12,15-17H,1,8,10,13-14H2,2-5H3/t16-,17+/m1/s1. The summed E-state index contributed by atoms with van der Waals surface area (Å²) in [6.07, 6.45) is 4.85. The van der Waals surface area contributed by atoms with E-state index >= 15 is 4.39 Å². The fourth-order valence-corrected chi connectivity index (χ4v) is 5.60. The van der Waals surface area contributed by atoms with Crippen LogP contribution in [-0.4, -0.2) is 77.1 Å². The number of hydrogen-bond donors (Lipinski definition) is 0. The minimum Gasteiger partial charge on any atom is -0.491 e. The zero-order valence-corrected chi connectivity index (χ0v) is 23.3. The largest absolute Gasteiger partial charge is 0.491 e. The number of rotatable bonds is 3. The molecule has 2 aliphatic heterocycles. The Morgan fingerprint density at radius 1 is 1.20 bits per heavy atom. The summed E-state index contributed by atoms with van der Waals surface area (Å²) in [6, 6.07) is 2.61. The highest BCUT2D eigenvalue weighted by Gasteiger charge is 2.34. The molecule has 1 saturated heterocycles. The molecule has 2 atom stereocenters. The van der Waals surface area contributed by atoms with Crippen molar-refractivity contribution in [3.63, 3.8) is 0 Å². The van der Waals surface area contributed by atoms with Crippen LogP contribution in [0.5, 0.6) is 5.75 Å². The Labute approximate surface area is 235 Å². The van der Waals surface area contributed by atoms with E-state index in [2.05, 4.69) is 26.9 Å². The summed E-state index contributed by atoms with van der Waals surface area (Å²) >= 11 is 0. The molecule has 6 rings (SSSR count). The van der Waals surface area contributed by atoms with Crippen LogP contribution in [0.3, 0.4) is 0 Å². The molecule has 0 radical (unpaired) electrons. The fourth-order valence-electron chi connectivity index (χ4n) is 5.60. The van der Waals surface area contributed by atoms with E-state index in [1.54, 1.807) is 17.2 Å². The number of hydrogen-bond acceptors (Lipinski definition) is 9. The highest BCUT2D eigenvalue weighted by molar-refractivity contribution is 5.90. The third-order valence-electron chi connectivity index (χ3n) is 7.62. The van der Waals surface area contributed by atoms with E-state index in [0.29, 0.717) is 47.7 Å². The molecule has 0 aliphatic carbocycles. The topological polar surface area (TPSA) is 124 Å². The highest BCUT2D eigenvalue weighted by atomic mass is 19.1. The molecule has 41 heavy (non-hydrogen) atoms. The van der Waals surface area contributed by atoms with Crippen LogP contribution < -0.4 is 15.3 Å². The van der Waals surface area contributed by atoms with Gasteiger partial charge in [0.2, 0.25) is 5.91 Å². The Bertz CT molecular complexity index is 1750. The summed E-state index contributed by atoms with van der Waals surface area (Å²) in [6.45, 7) is 12.4. The average molecular weight is 560 g/mol. The first kappa shape index (κ1) is 26.5. The maximum atomic E-state index is 15.9. The molecule has 0 N–H and O–H groups in total. The van der Waals surface area contributed by atoms with Crippen LogP contribution in [0.4, 0.5) is 10.2 Å². The van der Waals surface area contributed by atoms with E-state index in [1.807, 2.05) is 32.6 Å². The maximum absolute atomic E-state index is 15.9. The Morgan fingerprint density at radius 3 is 2.76 bits per heavy atom. The van der Waals surface area contributed by atoms with Gasteiger partial charge in [-0.1, -0.05) is 25.6 Å². The van der Waals surface area contributed by atoms with Crippen molar-refractivity contribution < 1.29 is 13.9 Å². The summed E-state index contributed by atoms with van der Waals surface area (Å²) in [5.74, 6) is -0.250. The molecule has 2 bridgehead atoms. The van der Waals surface area contributed by atoms with Gasteiger partial charge in [0.15, 0.2) is 17.3 Å². The quantitative estimate of drug-likeness (QED) is 0.348. The van der Waals surface area contributed by atoms with Gasteiger partial charge in [-0.15, -0.1) is 5.10 Å². The van der Waals surface area contributed by atoms with Gasteiger partial charge in [-0.05, 0) is 31.9 Å². The van der Waals surface area contributed by atoms with E-state index in [1.165, 1.54) is 27.6 Å². The van der Waals surface area contributed by atoms with Gasteiger partial charge in [0.1, 0.15) is 17.3 Å². The van der Waals surface area contributed by atoms with E-state index in [9.17, 15) is 9.59 Å². The Balaban J connectivity index is 1.66. The first-order valence-electron chi connectivity index (χ1n) is 13.5. The van der Waals surface area contributed by atoms with Crippen LogP contribution >= 0.6 is 0 Å². The van der Waals surface area contributed by atoms with Gasteiger partial charge in [-0.25, -0.2) is 18.7 Å². The maximum Gasteiger partial charge on any atom is 0.356 e. The third-order valence-corrected chi connectivity index (χ3v) is 7.62. The van der Waals surface area contributed by atoms with Crippen LogP contribution in [-0.2, 0) is 11.2 Å². The number of carbonyl (C=O) groups excluding carboxylic acids is 1. The number of carbonyl (C=O) groups is 1. The molecule has 4 aromatic heterocycles. The SMILES string of the molecule is C=CC(=O)N1C[C@H](C)N(c2nc(=O)n3c4nc(c(F)cc24)-n2nncc2CCOc2ccnc(C(C)C)c2-3)C[C@H]1C. The number of ether oxygens (including phenoxy) is 1. The lowest BCUT2D eigenvalue weighted by Crippen LogP contribution is -2.58. The lowest BCUT2D eigenvalue weighted by atomic mass is 10.1. The number of nitrogens with zero attached hydrogens (tertiary/aromatic N) is 9. The van der Waals surface area contributed by atoms with Crippen molar-refractivity contribution >= 4 is 22.8 Å². The second kappa shape index (κ2) is 10.1. The normalized spacial score (nSPS) is 18.6. The van der Waals surface area contributed by atoms with Crippen molar-refractivity contribution in [2.75, 3.05) is 24.6 Å². The minimum absolute atomic E-state index is 0.0730. The van der Waals surface area contributed by atoms with Crippen LogP contribution in [0.1, 0.15) is 45.0 Å². The highest BCUT2D eigenvalue weighted by Crippen LogP contribution is 2.35. The van der Waals surface area contributed by atoms with Gasteiger partial charge < -0.3 is 14.5 Å². The van der Waals surface area contributed by atoms with Crippen molar-refractivity contribution in [3.05, 3.63) is 64.9 Å². The predicted molar refractivity (Wildman–Crippen MR) is 149 cm³/mol. The zero-order valence-electron chi connectivity index (χ0n) is 23.3. The molecule has 13 heteroatoms. The molecule has 12 nitrogen and oxygen atoms in total. The molecule has 0 aromatic carbocycles. The van der Waals surface area contributed by atoms with E-state index in [-0.39, 0.29) is 47.8 Å². The molecule has 1 fully saturated rings. The summed E-state index contributed by atoms with van der Waals surface area (Å²) in [7, 11) is 0. The molecule has 1 amide bonds. The molecule has 4 aromatic rings. The van der Waals surface area contributed by atoms with Gasteiger partial charge in [0, 0.05) is 43.9 Å². The first-order valence-corrected chi connectivity index (χ1v) is 13.5. The molecule has 0 spiro atoms. The van der Waals surface area contributed by atoms with Crippen LogP contribution in [0, 0.1) is 5.82 Å². The average Bonchev–Trinajstić information content (AvgIpc) is 3.40. The van der Waals surface area contributed by atoms with E-state index < -0.39 is 11.5 Å². The monoisotopic (exact) mass is 559 g/mol. The molecular weight excluding hydrogens is 529 g/mol. The molecule has 6 heterocycles. The summed E-state index contributed by atoms with van der Waals surface area (Å²) in [5, 5.41) is 8.37. The summed E-state index contributed by atoms with van der Waals surface area (Å²) < 4.78 is 24.8. The number of anilines is 1. The van der Waals surface area contributed by atoms with Crippen molar-refractivity contribution in [1.82, 2.24) is 39.4 Å². The van der Waals surface area contributed by atoms with Crippen LogP contribution in [0.25, 0.3) is 22.5 Å². The van der Waals surface area contributed by atoms with Gasteiger partial charge in [-0.3, -0.25) is 9.78 Å². The fraction of sp³-hybridized carbons (Fsp3) is 0.393. The van der Waals surface area contributed by atoms with Crippen molar-refractivity contribution in [1.29, 1.82) is 0 Å². The zero-order chi connectivity index (χ0) is 29.0. The second-order valence-electron chi connectivity index (χ2n) is 10.7. The van der Waals surface area contributed by atoms with Crippen molar-refractivity contribution in [2.45, 2.75) is 52.1 Å². The second-order valence-corrected chi connectivity index (χ2v) is 10.7. The Hall–Kier alpha value is -4.68. The predicted octanol–water partition coefficient (Wildman–Crippen LogP) is 2.57. The lowest BCUT2D eigenvalue weighted by molar-refractivity contribution is -0.128. The first-order chi connectivity index (χ1) is 19.7. The van der Waals surface area contributed by atoms with E-state index in [4.69, 9.17) is 9.72 Å². The summed E-state index contributed by atoms with van der Waals surface area (Å²) in [4.78, 5) is 43.9. The molecule has 2 aliphatic rings. The number of aromatic nitrogens is 7. The van der Waals surface area contributed by atoms with Gasteiger partial charge >= 0.3 is 5.69 Å². The number of piperazine rings is 1. The lowest BCUT2D eigenvalue weighted by Gasteiger charge is -2.44. The molecule has 0 saturated carbocycles. The summed E-state index contributed by atoms with van der Waals surface area (Å²) in [5.41, 5.74) is 1.21. The van der Waals surface area contributed by atoms with E-state index in [0.717, 1.165) is 0 Å². The molecule has 0 unspecified atom stereocenters. The van der Waals surface area contributed by atoms with Crippen LogP contribution in [0.15, 0.2) is 42.0 Å². The van der Waals surface area contributed by atoms with Crippen LogP contribution in [0.2, 0.25) is 0 Å². The number of halogens is 1. The van der Waals surface area contributed by atoms with Crippen molar-refractivity contribution in [2.24, 2.45) is 0 Å². The molecule has 212 valence electrons. The Morgan fingerprint density at radius 2 is 2.00 bits per heavy atom.